The van der Waals surface area contributed by atoms with E-state index in [4.69, 9.17) is 66.4 Å². The van der Waals surface area contributed by atoms with Crippen molar-refractivity contribution in [2.45, 2.75) is 19.3 Å². The first kappa shape index (κ1) is 58.0. The van der Waals surface area contributed by atoms with Crippen LogP contribution in [0.3, 0.4) is 0 Å². The van der Waals surface area contributed by atoms with Crippen LogP contribution in [-0.2, 0) is 22.5 Å². The van der Waals surface area contributed by atoms with Crippen molar-refractivity contribution in [3.05, 3.63) is 248 Å². The average molecular weight is 1190 g/mol. The molecule has 12 aromatic rings. The molecule has 0 radical (unpaired) electrons. The summed E-state index contributed by atoms with van der Waals surface area (Å²) < 4.78 is 7.26. The molecule has 1 aliphatic heterocycles. The van der Waals surface area contributed by atoms with Gasteiger partial charge in [0.2, 0.25) is 0 Å². The second-order valence-corrected chi connectivity index (χ2v) is 23.8. The Kier molecular flexibility index (Phi) is 20.5. The van der Waals surface area contributed by atoms with Gasteiger partial charge in [-0.05, 0) is 82.6 Å². The van der Waals surface area contributed by atoms with E-state index in [1.165, 1.54) is 53.7 Å². The average Bonchev–Trinajstić information content (AvgIpc) is 4.12. The van der Waals surface area contributed by atoms with Crippen LogP contribution in [0.15, 0.2) is 237 Å². The van der Waals surface area contributed by atoms with Crippen molar-refractivity contribution in [3.63, 3.8) is 0 Å². The van der Waals surface area contributed by atoms with Crippen molar-refractivity contribution in [1.82, 2.24) is 19.9 Å². The number of fused-ring (bicyclic) bond motifs is 9. The van der Waals surface area contributed by atoms with Crippen LogP contribution in [-0.4, -0.2) is 30.9 Å². The van der Waals surface area contributed by atoms with Crippen molar-refractivity contribution < 1.29 is 32.3 Å². The number of nitrogens with zero attached hydrogens (tertiary/aromatic N) is 4. The van der Waals surface area contributed by atoms with Gasteiger partial charge >= 0.3 is 17.1 Å². The van der Waals surface area contributed by atoms with Gasteiger partial charge in [0.1, 0.15) is 11.5 Å². The van der Waals surface area contributed by atoms with Gasteiger partial charge in [0, 0.05) is 50.3 Å². The van der Waals surface area contributed by atoms with Gasteiger partial charge in [-0.1, -0.05) is 226 Å². The number of ether oxygens (including phenoxy) is 1. The SMILES string of the molecule is CC1(C)c2cccc(P(c3ccccc3)c3ccccc3)c2Oc2c(P(c3ccccc3)c3ccccc3)cccc21.ClCCl.ClCCl.[Cu+].[O-][OH2+].c1ccc2cc(-c3nc4c5cccnc5c5ncccc5c4[n-]3)ccc2c1. The van der Waals surface area contributed by atoms with Crippen molar-refractivity contribution >= 4 is 138 Å². The van der Waals surface area contributed by atoms with Gasteiger partial charge in [0.25, 0.3) is 0 Å². The van der Waals surface area contributed by atoms with Gasteiger partial charge in [0.15, 0.2) is 0 Å². The maximum atomic E-state index is 7.50. The van der Waals surface area contributed by atoms with E-state index in [2.05, 4.69) is 217 Å². The number of halogens is 4. The number of alkyl halides is 4. The predicted octanol–water partition coefficient (Wildman–Crippen LogP) is 13.6. The standard InChI is InChI=1S/C39H32OP2.C23H13N4.2CH2Cl2.Cu.H2O2/c1-39(2)33-25-15-27-35(41(29-17-7-3-8-18-29)30-19-9-4-10-20-30)37(33)40-38-34(39)26-16-28-36(38)42(31-21-11-5-12-22-31)32-23-13-6-14-24-32;1-2-6-15-13-16(10-9-14(15)5-1)23-26-21-17-7-3-11-24-19(17)20-18(22(21)27-23)8-4-12-25-20;2*2-1-3;;1-2/h3-28H,1-2H3;1-13H;2*1H2;;1H2/q;-1;;;+1;. The number of hydrogen-bond acceptors (Lipinski definition) is 5. The molecule has 1 aliphatic rings. The third-order valence-corrected chi connectivity index (χ3v) is 18.0. The van der Waals surface area contributed by atoms with Gasteiger partial charge in [-0.25, -0.2) is 0 Å². The minimum atomic E-state index is -0.824. The summed E-state index contributed by atoms with van der Waals surface area (Å²) in [5.41, 5.74) is 6.76. The van der Waals surface area contributed by atoms with Gasteiger partial charge in [0.05, 0.1) is 21.7 Å². The molecule has 78 heavy (non-hydrogen) atoms. The van der Waals surface area contributed by atoms with Gasteiger partial charge in [-0.15, -0.1) is 46.4 Å². The molecule has 0 saturated heterocycles. The van der Waals surface area contributed by atoms with E-state index < -0.39 is 15.8 Å². The molecular formula is C64H51Cl4CuN4O3P2. The van der Waals surface area contributed by atoms with E-state index in [-0.39, 0.29) is 33.2 Å². The van der Waals surface area contributed by atoms with Crippen LogP contribution in [0.4, 0.5) is 0 Å². The van der Waals surface area contributed by atoms with Crippen LogP contribution < -0.4 is 46.8 Å². The molecule has 0 saturated carbocycles. The molecule has 2 N–H and O–H groups in total. The van der Waals surface area contributed by atoms with Crippen LogP contribution in [0.1, 0.15) is 25.0 Å². The molecule has 394 valence electrons. The Morgan fingerprint density at radius 3 is 1.35 bits per heavy atom. The summed E-state index contributed by atoms with van der Waals surface area (Å²) >= 11 is 19.1. The Bertz CT molecular complexity index is 3600. The molecular weight excluding hydrogens is 1140 g/mol. The molecule has 13 rings (SSSR count). The smallest absolute Gasteiger partial charge is 0.536 e. The zero-order valence-electron chi connectivity index (χ0n) is 42.2. The molecule has 7 nitrogen and oxygen atoms in total. The zero-order valence-corrected chi connectivity index (χ0v) is 48.0. The Morgan fingerprint density at radius 1 is 0.474 bits per heavy atom. The van der Waals surface area contributed by atoms with Crippen LogP contribution in [0.5, 0.6) is 11.5 Å². The van der Waals surface area contributed by atoms with Gasteiger partial charge in [-0.3, -0.25) is 9.97 Å². The summed E-state index contributed by atoms with van der Waals surface area (Å²) in [6, 6.07) is 79.8. The van der Waals surface area contributed by atoms with E-state index in [1.54, 1.807) is 12.4 Å². The number of rotatable bonds is 7. The summed E-state index contributed by atoms with van der Waals surface area (Å²) in [7, 11) is -1.65. The van der Waals surface area contributed by atoms with Crippen LogP contribution in [0.25, 0.3) is 55.0 Å². The molecule has 0 aliphatic carbocycles. The van der Waals surface area contributed by atoms with Gasteiger partial charge in [-0.2, -0.15) is 0 Å². The first-order chi connectivity index (χ1) is 37.8. The third kappa shape index (κ3) is 12.3. The molecule has 0 fully saturated rings. The minimum absolute atomic E-state index is 0. The van der Waals surface area contributed by atoms with E-state index >= 15 is 0 Å². The molecule has 0 atom stereocenters. The predicted molar refractivity (Wildman–Crippen MR) is 328 cm³/mol. The Morgan fingerprint density at radius 2 is 0.885 bits per heavy atom. The van der Waals surface area contributed by atoms with E-state index in [0.717, 1.165) is 55.7 Å². The van der Waals surface area contributed by atoms with E-state index in [9.17, 15) is 0 Å². The number of pyridine rings is 2. The molecule has 4 heterocycles. The van der Waals surface area contributed by atoms with E-state index in [0.29, 0.717) is 0 Å². The van der Waals surface area contributed by atoms with Gasteiger partial charge < -0.3 is 25.2 Å². The van der Waals surface area contributed by atoms with Crippen molar-refractivity contribution in [3.8, 4) is 22.9 Å². The molecule has 0 bridgehead atoms. The number of aromatic nitrogens is 4. The van der Waals surface area contributed by atoms with Crippen LogP contribution in [0, 0.1) is 0 Å². The zero-order chi connectivity index (χ0) is 53.7. The largest absolute Gasteiger partial charge is 1.00 e. The van der Waals surface area contributed by atoms with Crippen LogP contribution in [0.2, 0.25) is 0 Å². The van der Waals surface area contributed by atoms with Crippen molar-refractivity contribution in [2.75, 3.05) is 10.7 Å². The fourth-order valence-corrected chi connectivity index (χ4v) is 14.6. The molecule has 0 unspecified atom stereocenters. The Labute approximate surface area is 487 Å². The molecule has 3 aromatic heterocycles. The Hall–Kier alpha value is -6.21. The molecule has 0 amide bonds. The molecule has 9 aromatic carbocycles. The quantitative estimate of drug-likeness (QED) is 0.0299. The van der Waals surface area contributed by atoms with Crippen molar-refractivity contribution in [1.29, 1.82) is 0 Å². The third-order valence-electron chi connectivity index (χ3n) is 13.1. The maximum Gasteiger partial charge on any atom is 1.00 e. The van der Waals surface area contributed by atoms with E-state index in [1.807, 2.05) is 36.4 Å². The number of imidazole rings is 1. The normalized spacial score (nSPS) is 11.8. The van der Waals surface area contributed by atoms with Crippen molar-refractivity contribution in [2.24, 2.45) is 0 Å². The molecule has 0 spiro atoms. The summed E-state index contributed by atoms with van der Waals surface area (Å²) in [5.74, 6) is 2.76. The number of hydrogen-bond donors (Lipinski definition) is 0. The summed E-state index contributed by atoms with van der Waals surface area (Å²) in [6.45, 7) is 4.70. The molecule has 14 heteroatoms. The number of para-hydroxylation sites is 2. The fraction of sp³-hybridized carbons (Fsp3) is 0.0781. The first-order valence-electron chi connectivity index (χ1n) is 24.5. The first-order valence-corrected chi connectivity index (χ1v) is 29.3. The minimum Gasteiger partial charge on any atom is -0.536 e. The van der Waals surface area contributed by atoms with Crippen LogP contribution >= 0.6 is 62.2 Å². The maximum absolute atomic E-state index is 7.50. The summed E-state index contributed by atoms with van der Waals surface area (Å²) in [4.78, 5) is 18.9. The second kappa shape index (κ2) is 27.6. The Balaban J connectivity index is 0.000000191. The summed E-state index contributed by atoms with van der Waals surface area (Å²) in [5, 5.41) is 24.6. The topological polar surface area (TPSA) is 108 Å². The summed E-state index contributed by atoms with van der Waals surface area (Å²) in [6.07, 6.45) is 3.59. The number of benzene rings is 9. The fourth-order valence-electron chi connectivity index (χ4n) is 9.76. The second-order valence-electron chi connectivity index (χ2n) is 17.9. The monoisotopic (exact) mass is 1190 g/mol.